The van der Waals surface area contributed by atoms with Gasteiger partial charge in [-0.2, -0.15) is 4.68 Å². The molecule has 2 fully saturated rings. The number of carbonyl (C=O) groups excluding carboxylic acids is 1. The molecular weight excluding hydrogens is 330 g/mol. The molecule has 0 spiro atoms. The van der Waals surface area contributed by atoms with E-state index < -0.39 is 5.76 Å². The number of nitrogens with zero attached hydrogens (tertiary/aromatic N) is 3. The highest BCUT2D eigenvalue weighted by atomic mass is 32.1. The molecule has 0 unspecified atom stereocenters. The lowest BCUT2D eigenvalue weighted by molar-refractivity contribution is -0.150. The molecule has 8 heteroatoms. The summed E-state index contributed by atoms with van der Waals surface area (Å²) in [6.45, 7) is 1.04. The van der Waals surface area contributed by atoms with Crippen molar-refractivity contribution in [3.8, 4) is 10.8 Å². The van der Waals surface area contributed by atoms with Crippen LogP contribution in [0.1, 0.15) is 25.7 Å². The van der Waals surface area contributed by atoms with Gasteiger partial charge in [0.05, 0.1) is 23.6 Å². The second-order valence-electron chi connectivity index (χ2n) is 6.16. The zero-order valence-corrected chi connectivity index (χ0v) is 14.0. The van der Waals surface area contributed by atoms with Crippen LogP contribution in [0.3, 0.4) is 0 Å². The summed E-state index contributed by atoms with van der Waals surface area (Å²) in [4.78, 5) is 27.3. The fourth-order valence-electron chi connectivity index (χ4n) is 3.53. The van der Waals surface area contributed by atoms with Gasteiger partial charge in [-0.05, 0) is 24.3 Å². The van der Waals surface area contributed by atoms with Crippen LogP contribution in [0.5, 0.6) is 0 Å². The van der Waals surface area contributed by atoms with Crippen LogP contribution in [0.15, 0.2) is 26.7 Å². The Kier molecular flexibility index (Phi) is 4.24. The number of hydrogen-bond donors (Lipinski definition) is 0. The molecule has 24 heavy (non-hydrogen) atoms. The van der Waals surface area contributed by atoms with Crippen molar-refractivity contribution in [1.29, 1.82) is 0 Å². The number of aromatic nitrogens is 2. The second kappa shape index (κ2) is 6.52. The van der Waals surface area contributed by atoms with Crippen molar-refractivity contribution in [1.82, 2.24) is 14.7 Å². The molecule has 2 aromatic heterocycles. The van der Waals surface area contributed by atoms with Gasteiger partial charge in [-0.3, -0.25) is 4.79 Å². The van der Waals surface area contributed by atoms with Gasteiger partial charge in [0.2, 0.25) is 5.91 Å². The molecule has 0 bridgehead atoms. The predicted octanol–water partition coefficient (Wildman–Crippen LogP) is 1.73. The minimum absolute atomic E-state index is 0.0864. The van der Waals surface area contributed by atoms with Crippen LogP contribution >= 0.6 is 11.3 Å². The van der Waals surface area contributed by atoms with Crippen LogP contribution in [0.4, 0.5) is 0 Å². The lowest BCUT2D eigenvalue weighted by atomic mass is 9.90. The van der Waals surface area contributed by atoms with Crippen LogP contribution in [0, 0.1) is 0 Å². The molecule has 1 saturated heterocycles. The van der Waals surface area contributed by atoms with E-state index in [4.69, 9.17) is 9.15 Å². The van der Waals surface area contributed by atoms with Crippen LogP contribution in [0.2, 0.25) is 0 Å². The Hall–Kier alpha value is -1.93. The summed E-state index contributed by atoms with van der Waals surface area (Å²) in [7, 11) is 0. The Labute approximate surface area is 142 Å². The van der Waals surface area contributed by atoms with Crippen LogP contribution in [0.25, 0.3) is 10.8 Å². The van der Waals surface area contributed by atoms with E-state index in [2.05, 4.69) is 5.10 Å². The van der Waals surface area contributed by atoms with E-state index in [0.29, 0.717) is 13.2 Å². The first-order valence-corrected chi connectivity index (χ1v) is 9.13. The molecule has 2 aromatic rings. The average Bonchev–Trinajstić information content (AvgIpc) is 3.25. The molecular formula is C16H19N3O4S. The van der Waals surface area contributed by atoms with Crippen LogP contribution in [-0.2, 0) is 16.1 Å². The van der Waals surface area contributed by atoms with Crippen molar-refractivity contribution < 1.29 is 13.9 Å². The summed E-state index contributed by atoms with van der Waals surface area (Å²) in [5.74, 6) is -0.427. The molecule has 1 amide bonds. The monoisotopic (exact) mass is 349 g/mol. The lowest BCUT2D eigenvalue weighted by Gasteiger charge is -2.43. The Morgan fingerprint density at radius 2 is 2.25 bits per heavy atom. The maximum atomic E-state index is 12.7. The molecule has 1 aliphatic carbocycles. The summed E-state index contributed by atoms with van der Waals surface area (Å²) >= 11 is 1.44. The number of hydrogen-bond acceptors (Lipinski definition) is 6. The molecule has 128 valence electrons. The average molecular weight is 349 g/mol. The van der Waals surface area contributed by atoms with Gasteiger partial charge in [0.25, 0.3) is 5.89 Å². The number of morpholine rings is 1. The Morgan fingerprint density at radius 1 is 1.38 bits per heavy atom. The maximum absolute atomic E-state index is 12.7. The fourth-order valence-corrected chi connectivity index (χ4v) is 4.18. The minimum Gasteiger partial charge on any atom is -0.387 e. The van der Waals surface area contributed by atoms with Crippen molar-refractivity contribution in [3.05, 3.63) is 28.1 Å². The molecule has 7 nitrogen and oxygen atoms in total. The van der Waals surface area contributed by atoms with Gasteiger partial charge < -0.3 is 14.1 Å². The molecule has 3 heterocycles. The number of ether oxygens (including phenoxy) is 1. The highest BCUT2D eigenvalue weighted by Crippen LogP contribution is 2.28. The number of fused-ring (bicyclic) bond motifs is 1. The molecule has 0 N–H and O–H groups in total. The topological polar surface area (TPSA) is 77.6 Å². The number of amides is 1. The summed E-state index contributed by atoms with van der Waals surface area (Å²) in [5.41, 5.74) is 0. The summed E-state index contributed by atoms with van der Waals surface area (Å²) in [6.07, 6.45) is 4.36. The van der Waals surface area contributed by atoms with E-state index in [0.717, 1.165) is 35.2 Å². The van der Waals surface area contributed by atoms with Gasteiger partial charge in [-0.25, -0.2) is 4.79 Å². The summed E-state index contributed by atoms with van der Waals surface area (Å²) in [6, 6.07) is 3.82. The second-order valence-corrected chi connectivity index (χ2v) is 7.10. The van der Waals surface area contributed by atoms with Gasteiger partial charge in [0.1, 0.15) is 6.54 Å². The minimum atomic E-state index is -0.597. The van der Waals surface area contributed by atoms with Gasteiger partial charge in [0, 0.05) is 6.54 Å². The molecule has 0 aromatic carbocycles. The fraction of sp³-hybridized carbons (Fsp3) is 0.562. The van der Waals surface area contributed by atoms with E-state index in [9.17, 15) is 9.59 Å². The molecule has 0 radical (unpaired) electrons. The third-order valence-electron chi connectivity index (χ3n) is 4.68. The van der Waals surface area contributed by atoms with Crippen LogP contribution in [-0.4, -0.2) is 45.9 Å². The zero-order chi connectivity index (χ0) is 16.5. The normalized spacial score (nSPS) is 23.9. The number of rotatable bonds is 3. The smallest absolute Gasteiger partial charge is 0.387 e. The van der Waals surface area contributed by atoms with Gasteiger partial charge in [0.15, 0.2) is 0 Å². The molecule has 1 saturated carbocycles. The first-order valence-electron chi connectivity index (χ1n) is 8.25. The predicted molar refractivity (Wildman–Crippen MR) is 87.8 cm³/mol. The highest BCUT2D eigenvalue weighted by Gasteiger charge is 2.36. The van der Waals surface area contributed by atoms with Crippen molar-refractivity contribution in [2.75, 3.05) is 13.2 Å². The lowest BCUT2D eigenvalue weighted by Crippen LogP contribution is -2.55. The Bertz CT molecular complexity index is 765. The van der Waals surface area contributed by atoms with E-state index in [1.807, 2.05) is 22.4 Å². The standard InChI is InChI=1S/C16H19N3O4S/c20-14(18-7-8-22-12-5-2-1-4-11(12)18)10-19-16(21)23-15(17-19)13-6-3-9-24-13/h3,6,9,11-12H,1-2,4-5,7-8,10H2/t11-,12-/m1/s1. The van der Waals surface area contributed by atoms with Gasteiger partial charge in [-0.15, -0.1) is 16.4 Å². The van der Waals surface area contributed by atoms with Crippen molar-refractivity contribution in [2.24, 2.45) is 0 Å². The quantitative estimate of drug-likeness (QED) is 0.843. The van der Waals surface area contributed by atoms with Gasteiger partial charge >= 0.3 is 5.76 Å². The third kappa shape index (κ3) is 2.91. The third-order valence-corrected chi connectivity index (χ3v) is 5.53. The highest BCUT2D eigenvalue weighted by molar-refractivity contribution is 7.13. The van der Waals surface area contributed by atoms with Crippen molar-refractivity contribution in [2.45, 2.75) is 44.4 Å². The van der Waals surface area contributed by atoms with Crippen molar-refractivity contribution >= 4 is 17.2 Å². The zero-order valence-electron chi connectivity index (χ0n) is 13.2. The van der Waals surface area contributed by atoms with E-state index in [1.54, 1.807) is 0 Å². The number of thiophene rings is 1. The van der Waals surface area contributed by atoms with Crippen molar-refractivity contribution in [3.63, 3.8) is 0 Å². The van der Waals surface area contributed by atoms with E-state index in [1.165, 1.54) is 11.3 Å². The number of carbonyl (C=O) groups is 1. The molecule has 2 atom stereocenters. The maximum Gasteiger partial charge on any atom is 0.437 e. The summed E-state index contributed by atoms with van der Waals surface area (Å²) in [5, 5.41) is 6.05. The van der Waals surface area contributed by atoms with Gasteiger partial charge in [-0.1, -0.05) is 18.9 Å². The Balaban J connectivity index is 1.50. The van der Waals surface area contributed by atoms with E-state index in [-0.39, 0.29) is 30.5 Å². The summed E-state index contributed by atoms with van der Waals surface area (Å²) < 4.78 is 12.1. The SMILES string of the molecule is O=C(Cn1nc(-c2cccs2)oc1=O)N1CCO[C@@H]2CCCC[C@H]21. The Morgan fingerprint density at radius 3 is 3.08 bits per heavy atom. The first-order chi connectivity index (χ1) is 11.7. The van der Waals surface area contributed by atoms with Crippen LogP contribution < -0.4 is 5.76 Å². The largest absolute Gasteiger partial charge is 0.437 e. The first kappa shape index (κ1) is 15.6. The van der Waals surface area contributed by atoms with E-state index >= 15 is 0 Å². The molecule has 1 aliphatic heterocycles. The molecule has 4 rings (SSSR count). The molecule has 2 aliphatic rings.